The van der Waals surface area contributed by atoms with Gasteiger partial charge in [-0.3, -0.25) is 9.99 Å². The molecule has 3 N–H and O–H groups in total. The largest absolute Gasteiger partial charge is 0.471 e. The van der Waals surface area contributed by atoms with Crippen molar-refractivity contribution >= 4 is 18.3 Å². The quantitative estimate of drug-likeness (QED) is 0.400. The number of hydrogen-bond acceptors (Lipinski definition) is 9. The number of rotatable bonds is 7. The lowest BCUT2D eigenvalue weighted by Crippen LogP contribution is -2.31. The predicted octanol–water partition coefficient (Wildman–Crippen LogP) is 2.28. The zero-order valence-corrected chi connectivity index (χ0v) is 17.8. The standard InChI is InChI=1S/C21H24N4O3.CH4N2/c1-16(14-26)11-19(24-27-2)13-25-12-18-5-3-4-6-20(18)21(23-25)28-15-17-7-9-22-10-8-17;1-3-2/h3-11,26H,12-15H2,1-2H3;1-2H2/b16-11+,24-19+;. The van der Waals surface area contributed by atoms with E-state index >= 15 is 0 Å². The number of aliphatic hydroxyl groups is 1. The summed E-state index contributed by atoms with van der Waals surface area (Å²) in [6, 6.07) is 11.9. The van der Waals surface area contributed by atoms with E-state index < -0.39 is 0 Å². The molecule has 3 rings (SSSR count). The highest BCUT2D eigenvalue weighted by Gasteiger charge is 2.21. The van der Waals surface area contributed by atoms with Crippen LogP contribution in [0.15, 0.2) is 75.8 Å². The van der Waals surface area contributed by atoms with Crippen LogP contribution in [0.3, 0.4) is 0 Å². The van der Waals surface area contributed by atoms with E-state index in [1.165, 1.54) is 7.11 Å². The van der Waals surface area contributed by atoms with Crippen LogP contribution in [0.4, 0.5) is 0 Å². The molecule has 0 atom stereocenters. The van der Waals surface area contributed by atoms with E-state index in [1.54, 1.807) is 18.5 Å². The number of hydrazone groups is 2. The van der Waals surface area contributed by atoms with Gasteiger partial charge in [0.2, 0.25) is 5.90 Å². The van der Waals surface area contributed by atoms with Gasteiger partial charge in [0.25, 0.3) is 0 Å². The average molecular weight is 425 g/mol. The Morgan fingerprint density at radius 1 is 1.29 bits per heavy atom. The summed E-state index contributed by atoms with van der Waals surface area (Å²) in [5, 5.41) is 22.6. The van der Waals surface area contributed by atoms with Gasteiger partial charge in [0.15, 0.2) is 0 Å². The van der Waals surface area contributed by atoms with Crippen LogP contribution in [-0.2, 0) is 22.7 Å². The number of oxime groups is 1. The van der Waals surface area contributed by atoms with Gasteiger partial charge in [0.05, 0.1) is 19.7 Å². The van der Waals surface area contributed by atoms with Gasteiger partial charge >= 0.3 is 0 Å². The Bertz CT molecular complexity index is 928. The molecule has 1 aromatic heterocycles. The number of ether oxygens (including phenoxy) is 1. The molecular weight excluding hydrogens is 396 g/mol. The highest BCUT2D eigenvalue weighted by Crippen LogP contribution is 2.20. The van der Waals surface area contributed by atoms with Crippen molar-refractivity contribution in [2.24, 2.45) is 21.2 Å². The van der Waals surface area contributed by atoms with Crippen LogP contribution in [-0.4, -0.2) is 53.7 Å². The van der Waals surface area contributed by atoms with Crippen molar-refractivity contribution in [3.05, 3.63) is 77.1 Å². The summed E-state index contributed by atoms with van der Waals surface area (Å²) in [7, 11) is 1.50. The molecule has 1 aromatic carbocycles. The van der Waals surface area contributed by atoms with Crippen molar-refractivity contribution in [3.8, 4) is 0 Å². The molecule has 1 aliphatic rings. The van der Waals surface area contributed by atoms with Gasteiger partial charge in [-0.25, -0.2) is 0 Å². The Balaban J connectivity index is 0.00000107. The molecule has 0 saturated heterocycles. The smallest absolute Gasteiger partial charge is 0.238 e. The number of fused-ring (bicyclic) bond motifs is 1. The Morgan fingerprint density at radius 2 is 2.00 bits per heavy atom. The first-order chi connectivity index (χ1) is 15.1. The lowest BCUT2D eigenvalue weighted by molar-refractivity contribution is 0.208. The van der Waals surface area contributed by atoms with Crippen LogP contribution in [0.25, 0.3) is 0 Å². The first kappa shape index (κ1) is 23.6. The van der Waals surface area contributed by atoms with Gasteiger partial charge in [-0.05, 0) is 47.9 Å². The average Bonchev–Trinajstić information content (AvgIpc) is 2.78. The van der Waals surface area contributed by atoms with E-state index in [1.807, 2.05) is 42.3 Å². The SMILES string of the molecule is C=NN.CO/N=C(\C=C(/C)CO)CN1Cc2ccccc2C(OCc2ccncc2)=N1. The predicted molar refractivity (Wildman–Crippen MR) is 121 cm³/mol. The van der Waals surface area contributed by atoms with E-state index in [0.717, 1.165) is 22.3 Å². The maximum Gasteiger partial charge on any atom is 0.238 e. The first-order valence-corrected chi connectivity index (χ1v) is 9.58. The summed E-state index contributed by atoms with van der Waals surface area (Å²) >= 11 is 0. The topological polar surface area (TPSA) is 118 Å². The lowest BCUT2D eigenvalue weighted by Gasteiger charge is -2.27. The molecule has 0 spiro atoms. The fourth-order valence-electron chi connectivity index (χ4n) is 2.84. The Morgan fingerprint density at radius 3 is 2.68 bits per heavy atom. The van der Waals surface area contributed by atoms with Crippen molar-refractivity contribution in [1.82, 2.24) is 9.99 Å². The molecule has 0 radical (unpaired) electrons. The van der Waals surface area contributed by atoms with E-state index in [2.05, 4.69) is 39.0 Å². The fraction of sp³-hybridized carbons (Fsp3) is 0.273. The molecule has 9 nitrogen and oxygen atoms in total. The van der Waals surface area contributed by atoms with Crippen molar-refractivity contribution in [1.29, 1.82) is 0 Å². The highest BCUT2D eigenvalue weighted by molar-refractivity contribution is 5.98. The molecule has 2 aromatic rings. The number of aromatic nitrogens is 1. The third-order valence-electron chi connectivity index (χ3n) is 4.17. The van der Waals surface area contributed by atoms with E-state index in [4.69, 9.17) is 9.57 Å². The highest BCUT2D eigenvalue weighted by atomic mass is 16.6. The Hall–Kier alpha value is -3.72. The molecule has 0 aliphatic carbocycles. The van der Waals surface area contributed by atoms with Crippen molar-refractivity contribution in [2.75, 3.05) is 20.3 Å². The summed E-state index contributed by atoms with van der Waals surface area (Å²) < 4.78 is 6.02. The zero-order chi connectivity index (χ0) is 22.5. The second-order valence-electron chi connectivity index (χ2n) is 6.63. The minimum atomic E-state index is -0.0326. The van der Waals surface area contributed by atoms with Gasteiger partial charge < -0.3 is 20.5 Å². The lowest BCUT2D eigenvalue weighted by atomic mass is 10.1. The van der Waals surface area contributed by atoms with Crippen LogP contribution in [0.5, 0.6) is 0 Å². The van der Waals surface area contributed by atoms with Gasteiger partial charge in [-0.15, -0.1) is 5.10 Å². The maximum absolute atomic E-state index is 9.28. The van der Waals surface area contributed by atoms with Gasteiger partial charge in [0, 0.05) is 24.7 Å². The summed E-state index contributed by atoms with van der Waals surface area (Å²) in [5.41, 5.74) is 4.61. The van der Waals surface area contributed by atoms with Crippen LogP contribution in [0.2, 0.25) is 0 Å². The zero-order valence-electron chi connectivity index (χ0n) is 17.8. The van der Waals surface area contributed by atoms with Crippen molar-refractivity contribution in [3.63, 3.8) is 0 Å². The Labute approximate surface area is 182 Å². The monoisotopic (exact) mass is 424 g/mol. The minimum absolute atomic E-state index is 0.0326. The second-order valence-corrected chi connectivity index (χ2v) is 6.63. The van der Waals surface area contributed by atoms with Gasteiger partial charge in [-0.2, -0.15) is 5.10 Å². The molecule has 0 amide bonds. The fourth-order valence-corrected chi connectivity index (χ4v) is 2.84. The van der Waals surface area contributed by atoms with Crippen LogP contribution in [0.1, 0.15) is 23.6 Å². The summed E-state index contributed by atoms with van der Waals surface area (Å²) in [4.78, 5) is 8.97. The molecule has 2 heterocycles. The number of nitrogens with zero attached hydrogens (tertiary/aromatic N) is 5. The van der Waals surface area contributed by atoms with Gasteiger partial charge in [0.1, 0.15) is 19.4 Å². The van der Waals surface area contributed by atoms with E-state index in [0.29, 0.717) is 31.3 Å². The number of nitrogens with two attached hydrogens (primary N) is 1. The van der Waals surface area contributed by atoms with Gasteiger partial charge in [-0.1, -0.05) is 23.4 Å². The molecule has 0 fully saturated rings. The van der Waals surface area contributed by atoms with Crippen LogP contribution < -0.4 is 5.84 Å². The second kappa shape index (κ2) is 12.8. The first-order valence-electron chi connectivity index (χ1n) is 9.58. The molecule has 31 heavy (non-hydrogen) atoms. The Kier molecular flexibility index (Phi) is 9.70. The molecule has 0 saturated carbocycles. The van der Waals surface area contributed by atoms with E-state index in [9.17, 15) is 5.11 Å². The molecule has 0 bridgehead atoms. The number of aliphatic hydroxyl groups excluding tert-OH is 1. The van der Waals surface area contributed by atoms with Crippen molar-refractivity contribution < 1.29 is 14.7 Å². The number of pyridine rings is 1. The summed E-state index contributed by atoms with van der Waals surface area (Å²) in [6.07, 6.45) is 5.28. The molecule has 1 aliphatic heterocycles. The summed E-state index contributed by atoms with van der Waals surface area (Å²) in [5.74, 6) is 4.93. The normalized spacial score (nSPS) is 13.4. The van der Waals surface area contributed by atoms with Crippen LogP contribution >= 0.6 is 0 Å². The van der Waals surface area contributed by atoms with Crippen molar-refractivity contribution in [2.45, 2.75) is 20.1 Å². The molecule has 164 valence electrons. The van der Waals surface area contributed by atoms with Crippen LogP contribution in [0, 0.1) is 0 Å². The third kappa shape index (κ3) is 7.56. The maximum atomic E-state index is 9.28. The minimum Gasteiger partial charge on any atom is -0.471 e. The number of hydrogen-bond donors (Lipinski definition) is 2. The molecule has 0 unspecified atom stereocenters. The summed E-state index contributed by atoms with van der Waals surface area (Å²) in [6.45, 7) is 6.17. The third-order valence-corrected chi connectivity index (χ3v) is 4.17. The van der Waals surface area contributed by atoms with E-state index in [-0.39, 0.29) is 6.61 Å². The number of benzene rings is 1. The molecular formula is C22H28N6O3. The molecule has 9 heteroatoms.